The summed E-state index contributed by atoms with van der Waals surface area (Å²) >= 11 is 0. The Balaban J connectivity index is 1.62. The summed E-state index contributed by atoms with van der Waals surface area (Å²) in [7, 11) is 0. The SMILES string of the molecule is O[C@H]1[C@H](O)[C@@H](COCc2ccccc2)N2CCCNC2[C@H]1O. The number of benzene rings is 1. The summed E-state index contributed by atoms with van der Waals surface area (Å²) in [4.78, 5) is 2.01. The maximum atomic E-state index is 10.3. The molecular formula is C16H24N2O4. The van der Waals surface area contributed by atoms with E-state index < -0.39 is 18.3 Å². The number of nitrogens with zero attached hydrogens (tertiary/aromatic N) is 1. The summed E-state index contributed by atoms with van der Waals surface area (Å²) in [5, 5.41) is 33.7. The zero-order chi connectivity index (χ0) is 15.5. The van der Waals surface area contributed by atoms with Crippen molar-refractivity contribution >= 4 is 0 Å². The monoisotopic (exact) mass is 308 g/mol. The molecule has 22 heavy (non-hydrogen) atoms. The summed E-state index contributed by atoms with van der Waals surface area (Å²) in [5.74, 6) is 0. The van der Waals surface area contributed by atoms with Crippen LogP contribution < -0.4 is 5.32 Å². The van der Waals surface area contributed by atoms with Crippen molar-refractivity contribution in [3.05, 3.63) is 35.9 Å². The van der Waals surface area contributed by atoms with Crippen LogP contribution in [0.25, 0.3) is 0 Å². The van der Waals surface area contributed by atoms with Crippen molar-refractivity contribution < 1.29 is 20.1 Å². The lowest BCUT2D eigenvalue weighted by Crippen LogP contribution is -2.72. The fourth-order valence-electron chi connectivity index (χ4n) is 3.34. The first-order valence-electron chi connectivity index (χ1n) is 7.83. The Morgan fingerprint density at radius 3 is 2.64 bits per heavy atom. The van der Waals surface area contributed by atoms with Gasteiger partial charge in [-0.25, -0.2) is 0 Å². The van der Waals surface area contributed by atoms with Crippen molar-refractivity contribution in [1.82, 2.24) is 10.2 Å². The van der Waals surface area contributed by atoms with Gasteiger partial charge in [-0.15, -0.1) is 0 Å². The van der Waals surface area contributed by atoms with E-state index in [1.54, 1.807) is 0 Å². The molecular weight excluding hydrogens is 284 g/mol. The van der Waals surface area contributed by atoms with Gasteiger partial charge in [0.05, 0.1) is 25.4 Å². The molecule has 122 valence electrons. The zero-order valence-electron chi connectivity index (χ0n) is 12.5. The second-order valence-corrected chi connectivity index (χ2v) is 6.03. The van der Waals surface area contributed by atoms with Crippen LogP contribution >= 0.6 is 0 Å². The summed E-state index contributed by atoms with van der Waals surface area (Å²) < 4.78 is 5.74. The highest BCUT2D eigenvalue weighted by molar-refractivity contribution is 5.13. The van der Waals surface area contributed by atoms with Crippen LogP contribution in [0.15, 0.2) is 30.3 Å². The molecule has 6 nitrogen and oxygen atoms in total. The number of fused-ring (bicyclic) bond motifs is 1. The topological polar surface area (TPSA) is 85.2 Å². The number of aliphatic hydroxyl groups excluding tert-OH is 3. The molecule has 2 saturated heterocycles. The van der Waals surface area contributed by atoms with Crippen molar-refractivity contribution in [2.45, 2.75) is 43.5 Å². The van der Waals surface area contributed by atoms with E-state index >= 15 is 0 Å². The average molecular weight is 308 g/mol. The van der Waals surface area contributed by atoms with Crippen LogP contribution in [0, 0.1) is 0 Å². The molecule has 0 aromatic heterocycles. The number of aliphatic hydroxyl groups is 3. The van der Waals surface area contributed by atoms with Gasteiger partial charge >= 0.3 is 0 Å². The predicted molar refractivity (Wildman–Crippen MR) is 81.0 cm³/mol. The van der Waals surface area contributed by atoms with E-state index in [2.05, 4.69) is 5.32 Å². The summed E-state index contributed by atoms with van der Waals surface area (Å²) in [5.41, 5.74) is 1.07. The Morgan fingerprint density at radius 1 is 1.09 bits per heavy atom. The van der Waals surface area contributed by atoms with Crippen LogP contribution in [0.2, 0.25) is 0 Å². The van der Waals surface area contributed by atoms with Crippen LogP contribution in [0.4, 0.5) is 0 Å². The minimum atomic E-state index is -1.16. The van der Waals surface area contributed by atoms with E-state index in [4.69, 9.17) is 4.74 Å². The predicted octanol–water partition coefficient (Wildman–Crippen LogP) is -0.710. The van der Waals surface area contributed by atoms with Gasteiger partial charge in [-0.05, 0) is 18.5 Å². The maximum absolute atomic E-state index is 10.3. The quantitative estimate of drug-likeness (QED) is 0.588. The molecule has 0 aliphatic carbocycles. The van der Waals surface area contributed by atoms with Gasteiger partial charge in [-0.3, -0.25) is 10.2 Å². The first-order chi connectivity index (χ1) is 10.7. The molecule has 2 aliphatic rings. The van der Waals surface area contributed by atoms with E-state index in [-0.39, 0.29) is 12.2 Å². The number of rotatable bonds is 4. The van der Waals surface area contributed by atoms with E-state index in [9.17, 15) is 15.3 Å². The second-order valence-electron chi connectivity index (χ2n) is 6.03. The molecule has 3 rings (SSSR count). The standard InChI is InChI=1S/C16H24N2O4/c19-13-12(10-22-9-11-5-2-1-3-6-11)18-8-4-7-17-16(18)15(21)14(13)20/h1-3,5-6,12-17,19-21H,4,7-10H2/t12-,13-,14+,15+,16?/m1/s1. The summed E-state index contributed by atoms with van der Waals surface area (Å²) in [6.07, 6.45) is -2.53. The largest absolute Gasteiger partial charge is 0.389 e. The molecule has 0 saturated carbocycles. The van der Waals surface area contributed by atoms with Crippen LogP contribution in [-0.4, -0.2) is 70.4 Å². The van der Waals surface area contributed by atoms with Gasteiger partial charge in [0.1, 0.15) is 18.3 Å². The Morgan fingerprint density at radius 2 is 1.86 bits per heavy atom. The molecule has 2 heterocycles. The van der Waals surface area contributed by atoms with Gasteiger partial charge in [-0.1, -0.05) is 30.3 Å². The molecule has 5 atom stereocenters. The highest BCUT2D eigenvalue weighted by Crippen LogP contribution is 2.26. The van der Waals surface area contributed by atoms with Crippen molar-refractivity contribution in [2.75, 3.05) is 19.7 Å². The number of piperidine rings is 1. The molecule has 1 aromatic rings. The van der Waals surface area contributed by atoms with E-state index in [0.29, 0.717) is 13.2 Å². The van der Waals surface area contributed by atoms with E-state index in [0.717, 1.165) is 25.1 Å². The molecule has 1 aromatic carbocycles. The van der Waals surface area contributed by atoms with Crippen molar-refractivity contribution in [2.24, 2.45) is 0 Å². The average Bonchev–Trinajstić information content (AvgIpc) is 2.57. The van der Waals surface area contributed by atoms with Crippen LogP contribution in [0.5, 0.6) is 0 Å². The molecule has 2 fully saturated rings. The second kappa shape index (κ2) is 7.04. The third kappa shape index (κ3) is 3.17. The van der Waals surface area contributed by atoms with E-state index in [1.807, 2.05) is 35.2 Å². The number of nitrogens with one attached hydrogen (secondary N) is 1. The molecule has 6 heteroatoms. The molecule has 0 radical (unpaired) electrons. The minimum Gasteiger partial charge on any atom is -0.389 e. The Hall–Kier alpha value is -1.02. The molecule has 1 unspecified atom stereocenters. The highest BCUT2D eigenvalue weighted by Gasteiger charge is 2.48. The lowest BCUT2D eigenvalue weighted by Gasteiger charge is -2.51. The van der Waals surface area contributed by atoms with Crippen molar-refractivity contribution in [3.8, 4) is 0 Å². The Kier molecular flexibility index (Phi) is 5.07. The number of hydrogen-bond acceptors (Lipinski definition) is 6. The van der Waals surface area contributed by atoms with Gasteiger partial charge in [-0.2, -0.15) is 0 Å². The molecule has 2 aliphatic heterocycles. The zero-order valence-corrected chi connectivity index (χ0v) is 12.5. The molecule has 4 N–H and O–H groups in total. The van der Waals surface area contributed by atoms with Gasteiger partial charge in [0.2, 0.25) is 0 Å². The Bertz CT molecular complexity index is 472. The smallest absolute Gasteiger partial charge is 0.111 e. The maximum Gasteiger partial charge on any atom is 0.111 e. The van der Waals surface area contributed by atoms with Gasteiger partial charge in [0.25, 0.3) is 0 Å². The molecule has 0 spiro atoms. The fraction of sp³-hybridized carbons (Fsp3) is 0.625. The van der Waals surface area contributed by atoms with Gasteiger partial charge < -0.3 is 20.1 Å². The first kappa shape index (κ1) is 15.9. The molecule has 0 amide bonds. The lowest BCUT2D eigenvalue weighted by molar-refractivity contribution is -0.187. The third-order valence-electron chi connectivity index (χ3n) is 4.55. The van der Waals surface area contributed by atoms with Crippen LogP contribution in [-0.2, 0) is 11.3 Å². The summed E-state index contributed by atoms with van der Waals surface area (Å²) in [6, 6.07) is 9.52. The fourth-order valence-corrected chi connectivity index (χ4v) is 3.34. The third-order valence-corrected chi connectivity index (χ3v) is 4.55. The minimum absolute atomic E-state index is 0.317. The van der Waals surface area contributed by atoms with E-state index in [1.165, 1.54) is 0 Å². The molecule has 0 bridgehead atoms. The first-order valence-corrected chi connectivity index (χ1v) is 7.83. The van der Waals surface area contributed by atoms with Gasteiger partial charge in [0.15, 0.2) is 0 Å². The lowest BCUT2D eigenvalue weighted by atomic mass is 9.90. The Labute approximate surface area is 130 Å². The van der Waals surface area contributed by atoms with Gasteiger partial charge in [0, 0.05) is 6.54 Å². The normalized spacial score (nSPS) is 36.0. The van der Waals surface area contributed by atoms with Crippen LogP contribution in [0.3, 0.4) is 0 Å². The number of hydrogen-bond donors (Lipinski definition) is 4. The highest BCUT2D eigenvalue weighted by atomic mass is 16.5. The number of ether oxygens (including phenoxy) is 1. The van der Waals surface area contributed by atoms with Crippen molar-refractivity contribution in [1.29, 1.82) is 0 Å². The summed E-state index contributed by atoms with van der Waals surface area (Å²) in [6.45, 7) is 2.36. The van der Waals surface area contributed by atoms with Crippen molar-refractivity contribution in [3.63, 3.8) is 0 Å². The van der Waals surface area contributed by atoms with Crippen LogP contribution in [0.1, 0.15) is 12.0 Å².